The molecule has 1 amide bonds. The number of benzene rings is 2. The van der Waals surface area contributed by atoms with Crippen LogP contribution in [0.2, 0.25) is 0 Å². The first-order valence-corrected chi connectivity index (χ1v) is 11.2. The van der Waals surface area contributed by atoms with Crippen LogP contribution in [0.1, 0.15) is 45.0 Å². The molecule has 1 N–H and O–H groups in total. The molecular weight excluding hydrogens is 436 g/mol. The fraction of sp³-hybridized carbons (Fsp3) is 0.154. The minimum atomic E-state index is -0.864. The van der Waals surface area contributed by atoms with E-state index in [1.54, 1.807) is 13.0 Å². The van der Waals surface area contributed by atoms with Gasteiger partial charge in [-0.05, 0) is 31.1 Å². The van der Waals surface area contributed by atoms with Gasteiger partial charge in [-0.2, -0.15) is 0 Å². The first-order valence-electron chi connectivity index (χ1n) is 10.4. The second-order valence-corrected chi connectivity index (χ2v) is 8.80. The number of anilines is 1. The van der Waals surface area contributed by atoms with Crippen molar-refractivity contribution >= 4 is 40.0 Å². The fourth-order valence-corrected chi connectivity index (χ4v) is 4.74. The van der Waals surface area contributed by atoms with Crippen LogP contribution >= 0.6 is 11.3 Å². The second kappa shape index (κ2) is 8.96. The van der Waals surface area contributed by atoms with Crippen LogP contribution in [-0.2, 0) is 9.59 Å². The number of nitrogens with zero attached hydrogens (tertiary/aromatic N) is 2. The van der Waals surface area contributed by atoms with Gasteiger partial charge in [0.15, 0.2) is 22.5 Å². The third-order valence-electron chi connectivity index (χ3n) is 5.40. The summed E-state index contributed by atoms with van der Waals surface area (Å²) in [7, 11) is 0. The minimum Gasteiger partial charge on any atom is -0.503 e. The lowest BCUT2D eigenvalue weighted by Gasteiger charge is -2.24. The van der Waals surface area contributed by atoms with Crippen LogP contribution in [-0.4, -0.2) is 27.6 Å². The molecule has 6 nitrogen and oxygen atoms in total. The highest BCUT2D eigenvalue weighted by molar-refractivity contribution is 7.17. The summed E-state index contributed by atoms with van der Waals surface area (Å²) >= 11 is 1.07. The number of thiazole rings is 1. The van der Waals surface area contributed by atoms with E-state index in [-0.39, 0.29) is 16.5 Å². The van der Waals surface area contributed by atoms with Crippen LogP contribution < -0.4 is 4.90 Å². The predicted octanol–water partition coefficient (Wildman–Crippen LogP) is 5.15. The summed E-state index contributed by atoms with van der Waals surface area (Å²) < 4.78 is 0. The van der Waals surface area contributed by atoms with Gasteiger partial charge in [0, 0.05) is 6.92 Å². The van der Waals surface area contributed by atoms with Crippen molar-refractivity contribution in [3.8, 4) is 0 Å². The van der Waals surface area contributed by atoms with Crippen molar-refractivity contribution in [3.05, 3.63) is 99.3 Å². The molecule has 2 aromatic carbocycles. The largest absolute Gasteiger partial charge is 0.503 e. The van der Waals surface area contributed by atoms with Gasteiger partial charge in [-0.25, -0.2) is 4.98 Å². The normalized spacial score (nSPS) is 16.2. The smallest absolute Gasteiger partial charge is 0.296 e. The molecule has 7 heteroatoms. The highest BCUT2D eigenvalue weighted by atomic mass is 32.1. The van der Waals surface area contributed by atoms with E-state index in [1.807, 2.05) is 61.5 Å². The predicted molar refractivity (Wildman–Crippen MR) is 128 cm³/mol. The van der Waals surface area contributed by atoms with Crippen molar-refractivity contribution in [3.63, 3.8) is 0 Å². The van der Waals surface area contributed by atoms with E-state index in [1.165, 1.54) is 17.9 Å². The first kappa shape index (κ1) is 22.4. The van der Waals surface area contributed by atoms with Gasteiger partial charge < -0.3 is 5.11 Å². The van der Waals surface area contributed by atoms with E-state index in [2.05, 4.69) is 4.98 Å². The molecule has 0 bridgehead atoms. The molecule has 0 saturated carbocycles. The van der Waals surface area contributed by atoms with Gasteiger partial charge in [0.25, 0.3) is 5.91 Å². The maximum atomic E-state index is 13.2. The molecule has 1 aliphatic heterocycles. The number of aliphatic hydroxyl groups excluding tert-OH is 1. The van der Waals surface area contributed by atoms with E-state index < -0.39 is 23.5 Å². The molecule has 33 heavy (non-hydrogen) atoms. The average Bonchev–Trinajstić information content (AvgIpc) is 3.31. The molecule has 0 spiro atoms. The standard InChI is InChI=1S/C26H22N2O4S/c1-15-9-12-19(13-10-15)22-21(20(30)14-11-18-7-5-4-6-8-18)23(31)25(32)28(22)26-27-16(2)24(33-26)17(3)29/h4-14,22,31H,1-3H3. The Labute approximate surface area is 195 Å². The number of aliphatic hydroxyl groups is 1. The van der Waals surface area contributed by atoms with E-state index in [0.29, 0.717) is 16.1 Å². The molecule has 4 rings (SSSR count). The number of rotatable bonds is 6. The maximum absolute atomic E-state index is 13.2. The highest BCUT2D eigenvalue weighted by Crippen LogP contribution is 2.43. The van der Waals surface area contributed by atoms with Gasteiger partial charge in [-0.15, -0.1) is 0 Å². The summed E-state index contributed by atoms with van der Waals surface area (Å²) in [4.78, 5) is 44.5. The lowest BCUT2D eigenvalue weighted by atomic mass is 9.95. The first-order chi connectivity index (χ1) is 15.8. The molecule has 166 valence electrons. The minimum absolute atomic E-state index is 0.0201. The average molecular weight is 459 g/mol. The van der Waals surface area contributed by atoms with Gasteiger partial charge in [0.2, 0.25) is 0 Å². The number of carbonyl (C=O) groups excluding carboxylic acids is 3. The number of allylic oxidation sites excluding steroid dienone is 1. The third-order valence-corrected chi connectivity index (χ3v) is 6.66. The van der Waals surface area contributed by atoms with Crippen LogP contribution in [0.15, 0.2) is 72.0 Å². The summed E-state index contributed by atoms with van der Waals surface area (Å²) in [5.74, 6) is -1.96. The van der Waals surface area contributed by atoms with Crippen LogP contribution in [0.25, 0.3) is 6.08 Å². The number of aromatic nitrogens is 1. The lowest BCUT2D eigenvalue weighted by Crippen LogP contribution is -2.30. The SMILES string of the molecule is CC(=O)c1sc(N2C(=O)C(O)=C(C(=O)C=Cc3ccccc3)C2c2ccc(C)cc2)nc1C. The molecule has 1 aromatic heterocycles. The van der Waals surface area contributed by atoms with E-state index in [0.717, 1.165) is 22.5 Å². The number of carbonyl (C=O) groups is 3. The Morgan fingerprint density at radius 2 is 1.73 bits per heavy atom. The Morgan fingerprint density at radius 1 is 1.06 bits per heavy atom. The van der Waals surface area contributed by atoms with Crippen molar-refractivity contribution in [2.24, 2.45) is 0 Å². The molecule has 1 unspecified atom stereocenters. The van der Waals surface area contributed by atoms with Gasteiger partial charge in [-0.1, -0.05) is 77.6 Å². The van der Waals surface area contributed by atoms with Crippen molar-refractivity contribution in [2.75, 3.05) is 4.90 Å². The van der Waals surface area contributed by atoms with Crippen LogP contribution in [0.4, 0.5) is 5.13 Å². The van der Waals surface area contributed by atoms with Gasteiger partial charge in [0.1, 0.15) is 0 Å². The molecule has 3 aromatic rings. The second-order valence-electron chi connectivity index (χ2n) is 7.83. The Balaban J connectivity index is 1.80. The van der Waals surface area contributed by atoms with Gasteiger partial charge >= 0.3 is 0 Å². The van der Waals surface area contributed by atoms with E-state index in [9.17, 15) is 19.5 Å². The van der Waals surface area contributed by atoms with Crippen molar-refractivity contribution in [1.82, 2.24) is 4.98 Å². The Kier molecular flexibility index (Phi) is 6.07. The number of amides is 1. The summed E-state index contributed by atoms with van der Waals surface area (Å²) in [5.41, 5.74) is 2.98. The van der Waals surface area contributed by atoms with Crippen molar-refractivity contribution in [2.45, 2.75) is 26.8 Å². The van der Waals surface area contributed by atoms with Gasteiger partial charge in [-0.3, -0.25) is 19.3 Å². The van der Waals surface area contributed by atoms with Crippen LogP contribution in [0.3, 0.4) is 0 Å². The van der Waals surface area contributed by atoms with Crippen LogP contribution in [0, 0.1) is 13.8 Å². The topological polar surface area (TPSA) is 87.6 Å². The highest BCUT2D eigenvalue weighted by Gasteiger charge is 2.45. The van der Waals surface area contributed by atoms with E-state index >= 15 is 0 Å². The van der Waals surface area contributed by atoms with Crippen molar-refractivity contribution < 1.29 is 19.5 Å². The van der Waals surface area contributed by atoms with E-state index in [4.69, 9.17) is 0 Å². The molecular formula is C26H22N2O4S. The van der Waals surface area contributed by atoms with Crippen molar-refractivity contribution in [1.29, 1.82) is 0 Å². The zero-order valence-corrected chi connectivity index (χ0v) is 19.2. The third kappa shape index (κ3) is 4.27. The Morgan fingerprint density at radius 3 is 2.33 bits per heavy atom. The number of aryl methyl sites for hydroxylation is 2. The fourth-order valence-electron chi connectivity index (χ4n) is 3.76. The zero-order valence-electron chi connectivity index (χ0n) is 18.4. The number of Topliss-reactive ketones (excluding diaryl/α,β-unsaturated/α-hetero) is 1. The Bertz CT molecular complexity index is 1300. The molecule has 2 heterocycles. The number of ketones is 2. The number of hydrogen-bond donors (Lipinski definition) is 1. The summed E-state index contributed by atoms with van der Waals surface area (Å²) in [6.45, 7) is 5.07. The Hall–Kier alpha value is -3.84. The number of hydrogen-bond acceptors (Lipinski definition) is 6. The summed E-state index contributed by atoms with van der Waals surface area (Å²) in [6, 6.07) is 15.8. The summed E-state index contributed by atoms with van der Waals surface area (Å²) in [5, 5.41) is 11.0. The lowest BCUT2D eigenvalue weighted by molar-refractivity contribution is -0.117. The van der Waals surface area contributed by atoms with Gasteiger partial charge in [0.05, 0.1) is 22.2 Å². The zero-order chi connectivity index (χ0) is 23.7. The molecule has 0 saturated heterocycles. The molecule has 0 aliphatic carbocycles. The monoisotopic (exact) mass is 458 g/mol. The molecule has 1 atom stereocenters. The molecule has 0 radical (unpaired) electrons. The maximum Gasteiger partial charge on any atom is 0.296 e. The molecule has 0 fully saturated rings. The molecule has 1 aliphatic rings. The van der Waals surface area contributed by atoms with Crippen LogP contribution in [0.5, 0.6) is 0 Å². The summed E-state index contributed by atoms with van der Waals surface area (Å²) in [6.07, 6.45) is 3.00. The quantitative estimate of drug-likeness (QED) is 0.408.